The topological polar surface area (TPSA) is 46.9 Å². The first-order valence-corrected chi connectivity index (χ1v) is 6.10. The van der Waals surface area contributed by atoms with Crippen LogP contribution in [0.15, 0.2) is 42.6 Å². The van der Waals surface area contributed by atoms with E-state index < -0.39 is 0 Å². The lowest BCUT2D eigenvalue weighted by Crippen LogP contribution is -2.12. The summed E-state index contributed by atoms with van der Waals surface area (Å²) in [5.41, 5.74) is 1.57. The van der Waals surface area contributed by atoms with E-state index in [2.05, 4.69) is 10.4 Å². The van der Waals surface area contributed by atoms with Crippen molar-refractivity contribution in [3.8, 4) is 5.69 Å². The van der Waals surface area contributed by atoms with Gasteiger partial charge in [0.2, 0.25) is 0 Å². The second-order valence-electron chi connectivity index (χ2n) is 4.09. The van der Waals surface area contributed by atoms with Crippen molar-refractivity contribution >= 4 is 5.78 Å². The minimum Gasteiger partial charge on any atom is -0.320 e. The highest BCUT2D eigenvalue weighted by atomic mass is 16.1. The third-order valence-electron chi connectivity index (χ3n) is 2.76. The van der Waals surface area contributed by atoms with Crippen LogP contribution in [0.5, 0.6) is 0 Å². The zero-order chi connectivity index (χ0) is 12.8. The molecular weight excluding hydrogens is 226 g/mol. The third-order valence-corrected chi connectivity index (χ3v) is 2.76. The Kier molecular flexibility index (Phi) is 4.25. The second-order valence-corrected chi connectivity index (χ2v) is 4.09. The van der Waals surface area contributed by atoms with Gasteiger partial charge in [-0.1, -0.05) is 18.2 Å². The Balaban J connectivity index is 2.15. The van der Waals surface area contributed by atoms with Crippen molar-refractivity contribution in [2.24, 2.45) is 0 Å². The van der Waals surface area contributed by atoms with E-state index in [4.69, 9.17) is 0 Å². The predicted octanol–water partition coefficient (Wildman–Crippen LogP) is 2.05. The maximum atomic E-state index is 12.1. The number of para-hydroxylation sites is 1. The van der Waals surface area contributed by atoms with Gasteiger partial charge in [0, 0.05) is 6.42 Å². The SMILES string of the molecule is CNCCCC(=O)c1ccnn1-c1ccccc1. The van der Waals surface area contributed by atoms with Crippen LogP contribution in [-0.4, -0.2) is 29.2 Å². The van der Waals surface area contributed by atoms with Crippen LogP contribution in [0.25, 0.3) is 5.69 Å². The Hall–Kier alpha value is -1.94. The van der Waals surface area contributed by atoms with Crippen LogP contribution in [-0.2, 0) is 0 Å². The molecular formula is C14H17N3O. The molecule has 0 spiro atoms. The van der Waals surface area contributed by atoms with Crippen molar-refractivity contribution in [1.29, 1.82) is 0 Å². The molecule has 1 heterocycles. The summed E-state index contributed by atoms with van der Waals surface area (Å²) < 4.78 is 1.70. The summed E-state index contributed by atoms with van der Waals surface area (Å²) in [6, 6.07) is 11.5. The fourth-order valence-electron chi connectivity index (χ4n) is 1.84. The average molecular weight is 243 g/mol. The molecule has 1 N–H and O–H groups in total. The Morgan fingerprint density at radius 2 is 2.06 bits per heavy atom. The molecule has 2 aromatic rings. The van der Waals surface area contributed by atoms with Crippen LogP contribution in [0.2, 0.25) is 0 Å². The quantitative estimate of drug-likeness (QED) is 0.624. The first-order chi connectivity index (χ1) is 8.83. The van der Waals surface area contributed by atoms with Gasteiger partial charge in [-0.15, -0.1) is 0 Å². The fourth-order valence-corrected chi connectivity index (χ4v) is 1.84. The van der Waals surface area contributed by atoms with Gasteiger partial charge in [0.25, 0.3) is 0 Å². The van der Waals surface area contributed by atoms with E-state index in [-0.39, 0.29) is 5.78 Å². The molecule has 0 aliphatic heterocycles. The number of benzene rings is 1. The third kappa shape index (κ3) is 2.84. The van der Waals surface area contributed by atoms with Crippen molar-refractivity contribution in [2.75, 3.05) is 13.6 Å². The first kappa shape index (κ1) is 12.5. The monoisotopic (exact) mass is 243 g/mol. The van der Waals surface area contributed by atoms with Crippen molar-refractivity contribution in [2.45, 2.75) is 12.8 Å². The van der Waals surface area contributed by atoms with E-state index >= 15 is 0 Å². The molecule has 18 heavy (non-hydrogen) atoms. The van der Waals surface area contributed by atoms with Crippen LogP contribution < -0.4 is 5.32 Å². The number of carbonyl (C=O) groups is 1. The maximum Gasteiger partial charge on any atom is 0.181 e. The maximum absolute atomic E-state index is 12.1. The fraction of sp³-hybridized carbons (Fsp3) is 0.286. The van der Waals surface area contributed by atoms with Crippen LogP contribution in [0, 0.1) is 0 Å². The Bertz CT molecular complexity index is 505. The molecule has 4 heteroatoms. The lowest BCUT2D eigenvalue weighted by molar-refractivity contribution is 0.0972. The van der Waals surface area contributed by atoms with Crippen molar-refractivity contribution in [3.63, 3.8) is 0 Å². The summed E-state index contributed by atoms with van der Waals surface area (Å²) in [7, 11) is 1.89. The number of carbonyl (C=O) groups excluding carboxylic acids is 1. The molecule has 1 aromatic heterocycles. The van der Waals surface area contributed by atoms with Gasteiger partial charge in [-0.05, 0) is 38.2 Å². The number of aromatic nitrogens is 2. The van der Waals surface area contributed by atoms with E-state index in [0.29, 0.717) is 12.1 Å². The van der Waals surface area contributed by atoms with Crippen molar-refractivity contribution in [3.05, 3.63) is 48.3 Å². The second kappa shape index (κ2) is 6.12. The molecule has 0 amide bonds. The summed E-state index contributed by atoms with van der Waals surface area (Å²) in [5.74, 6) is 0.131. The highest BCUT2D eigenvalue weighted by Crippen LogP contribution is 2.12. The van der Waals surface area contributed by atoms with Gasteiger partial charge in [-0.2, -0.15) is 5.10 Å². The first-order valence-electron chi connectivity index (χ1n) is 6.10. The Morgan fingerprint density at radius 1 is 1.28 bits per heavy atom. The Morgan fingerprint density at radius 3 is 2.78 bits per heavy atom. The van der Waals surface area contributed by atoms with Crippen LogP contribution in [0.1, 0.15) is 23.3 Å². The molecule has 0 saturated heterocycles. The van der Waals surface area contributed by atoms with Gasteiger partial charge in [0.1, 0.15) is 5.69 Å². The number of Topliss-reactive ketones (excluding diaryl/α,β-unsaturated/α-hetero) is 1. The van der Waals surface area contributed by atoms with E-state index in [0.717, 1.165) is 18.7 Å². The lowest BCUT2D eigenvalue weighted by Gasteiger charge is -2.06. The number of nitrogens with one attached hydrogen (secondary N) is 1. The van der Waals surface area contributed by atoms with E-state index in [1.807, 2.05) is 37.4 Å². The van der Waals surface area contributed by atoms with E-state index in [9.17, 15) is 4.79 Å². The summed E-state index contributed by atoms with van der Waals surface area (Å²) >= 11 is 0. The zero-order valence-electron chi connectivity index (χ0n) is 10.5. The molecule has 94 valence electrons. The number of nitrogens with zero attached hydrogens (tertiary/aromatic N) is 2. The van der Waals surface area contributed by atoms with Gasteiger partial charge in [0.15, 0.2) is 5.78 Å². The largest absolute Gasteiger partial charge is 0.320 e. The summed E-state index contributed by atoms with van der Waals surface area (Å²) in [6.07, 6.45) is 3.05. The Labute approximate surface area is 107 Å². The molecule has 0 aliphatic rings. The molecule has 0 fully saturated rings. The lowest BCUT2D eigenvalue weighted by atomic mass is 10.1. The molecule has 0 bridgehead atoms. The average Bonchev–Trinajstić information content (AvgIpc) is 2.89. The van der Waals surface area contributed by atoms with E-state index in [1.54, 1.807) is 16.9 Å². The molecule has 2 rings (SSSR count). The van der Waals surface area contributed by atoms with Gasteiger partial charge < -0.3 is 5.32 Å². The summed E-state index contributed by atoms with van der Waals surface area (Å²) in [6.45, 7) is 0.852. The molecule has 0 radical (unpaired) electrons. The molecule has 4 nitrogen and oxygen atoms in total. The highest BCUT2D eigenvalue weighted by Gasteiger charge is 2.12. The molecule has 0 unspecified atom stereocenters. The van der Waals surface area contributed by atoms with Crippen molar-refractivity contribution < 1.29 is 4.79 Å². The standard InChI is InChI=1S/C14H17N3O/c1-15-10-5-8-14(18)13-9-11-16-17(13)12-6-3-2-4-7-12/h2-4,6-7,9,11,15H,5,8,10H2,1H3. The molecule has 0 saturated carbocycles. The number of rotatable bonds is 6. The zero-order valence-corrected chi connectivity index (χ0v) is 10.5. The van der Waals surface area contributed by atoms with Gasteiger partial charge >= 0.3 is 0 Å². The van der Waals surface area contributed by atoms with E-state index in [1.165, 1.54) is 0 Å². The minimum absolute atomic E-state index is 0.131. The van der Waals surface area contributed by atoms with Gasteiger partial charge in [-0.25, -0.2) is 4.68 Å². The van der Waals surface area contributed by atoms with Crippen LogP contribution >= 0.6 is 0 Å². The number of ketones is 1. The van der Waals surface area contributed by atoms with Gasteiger partial charge in [-0.3, -0.25) is 4.79 Å². The summed E-state index contributed by atoms with van der Waals surface area (Å²) in [4.78, 5) is 12.1. The smallest absolute Gasteiger partial charge is 0.181 e. The van der Waals surface area contributed by atoms with Crippen LogP contribution in [0.4, 0.5) is 0 Å². The van der Waals surface area contributed by atoms with Gasteiger partial charge in [0.05, 0.1) is 11.9 Å². The number of hydrogen-bond acceptors (Lipinski definition) is 3. The minimum atomic E-state index is 0.131. The molecule has 0 aliphatic carbocycles. The molecule has 0 atom stereocenters. The van der Waals surface area contributed by atoms with Crippen molar-refractivity contribution in [1.82, 2.24) is 15.1 Å². The summed E-state index contributed by atoms with van der Waals surface area (Å²) in [5, 5.41) is 7.26. The predicted molar refractivity (Wildman–Crippen MR) is 71.1 cm³/mol. The normalized spacial score (nSPS) is 10.5. The highest BCUT2D eigenvalue weighted by molar-refractivity contribution is 5.94. The van der Waals surface area contributed by atoms with Crippen LogP contribution in [0.3, 0.4) is 0 Å². The number of hydrogen-bond donors (Lipinski definition) is 1. The molecule has 1 aromatic carbocycles.